The van der Waals surface area contributed by atoms with Crippen molar-refractivity contribution in [1.29, 1.82) is 0 Å². The quantitative estimate of drug-likeness (QED) is 0.667. The van der Waals surface area contributed by atoms with Crippen molar-refractivity contribution in [2.75, 3.05) is 6.26 Å². The van der Waals surface area contributed by atoms with Gasteiger partial charge in [0.2, 0.25) is 0 Å². The standard InChI is InChI=1S/C17H16F2N2S.HI/c1-17(12-6-4-8-14(19)10-12)15(20-16(21-17)22-2)11-5-3-7-13(18)9-11;/h3-10,15H,1-2H3,(H,20,21);1H/t15-,17+;/m1./s1. The van der Waals surface area contributed by atoms with Gasteiger partial charge in [0.05, 0.1) is 6.04 Å². The lowest BCUT2D eigenvalue weighted by atomic mass is 9.82. The van der Waals surface area contributed by atoms with Gasteiger partial charge in [0.1, 0.15) is 17.2 Å². The topological polar surface area (TPSA) is 24.4 Å². The van der Waals surface area contributed by atoms with Crippen molar-refractivity contribution >= 4 is 40.9 Å². The number of halogens is 3. The van der Waals surface area contributed by atoms with Crippen LogP contribution in [0.5, 0.6) is 0 Å². The van der Waals surface area contributed by atoms with Crippen LogP contribution in [0.4, 0.5) is 8.78 Å². The Labute approximate surface area is 155 Å². The fourth-order valence-corrected chi connectivity index (χ4v) is 3.32. The lowest BCUT2D eigenvalue weighted by molar-refractivity contribution is 0.402. The molecular weight excluding hydrogens is 429 g/mol. The first-order valence-electron chi connectivity index (χ1n) is 6.95. The molecule has 2 aromatic rings. The smallest absolute Gasteiger partial charge is 0.157 e. The van der Waals surface area contributed by atoms with Crippen molar-refractivity contribution in [3.8, 4) is 0 Å². The molecule has 1 N–H and O–H groups in total. The van der Waals surface area contributed by atoms with Crippen LogP contribution in [0.15, 0.2) is 53.5 Å². The summed E-state index contributed by atoms with van der Waals surface area (Å²) in [4.78, 5) is 4.72. The van der Waals surface area contributed by atoms with Gasteiger partial charge in [-0.1, -0.05) is 36.0 Å². The molecule has 2 atom stereocenters. The molecule has 0 fully saturated rings. The van der Waals surface area contributed by atoms with E-state index in [1.807, 2.05) is 25.3 Å². The molecule has 1 aliphatic heterocycles. The highest BCUT2D eigenvalue weighted by Gasteiger charge is 2.42. The minimum Gasteiger partial charge on any atom is -0.355 e. The number of hydrogen-bond donors (Lipinski definition) is 1. The van der Waals surface area contributed by atoms with Gasteiger partial charge in [-0.3, -0.25) is 0 Å². The van der Waals surface area contributed by atoms with Gasteiger partial charge in [0, 0.05) is 0 Å². The van der Waals surface area contributed by atoms with Crippen molar-refractivity contribution in [2.24, 2.45) is 4.99 Å². The predicted molar refractivity (Wildman–Crippen MR) is 102 cm³/mol. The van der Waals surface area contributed by atoms with Crippen LogP contribution in [-0.2, 0) is 5.54 Å². The molecule has 0 saturated heterocycles. The Morgan fingerprint density at radius 2 is 1.74 bits per heavy atom. The summed E-state index contributed by atoms with van der Waals surface area (Å²) in [6.45, 7) is 1.94. The van der Waals surface area contributed by atoms with Crippen LogP contribution in [0.2, 0.25) is 0 Å². The maximum atomic E-state index is 13.6. The number of thioether (sulfide) groups is 1. The second-order valence-corrected chi connectivity index (χ2v) is 6.21. The average molecular weight is 446 g/mol. The van der Waals surface area contributed by atoms with E-state index in [1.165, 1.54) is 36.0 Å². The van der Waals surface area contributed by atoms with Crippen LogP contribution in [0.1, 0.15) is 24.1 Å². The van der Waals surface area contributed by atoms with Gasteiger partial charge in [0.15, 0.2) is 5.17 Å². The molecule has 122 valence electrons. The Morgan fingerprint density at radius 3 is 2.35 bits per heavy atom. The Bertz CT molecular complexity index is 738. The highest BCUT2D eigenvalue weighted by Crippen LogP contribution is 2.43. The van der Waals surface area contributed by atoms with E-state index in [4.69, 9.17) is 4.99 Å². The van der Waals surface area contributed by atoms with E-state index in [1.54, 1.807) is 12.1 Å². The van der Waals surface area contributed by atoms with Gasteiger partial charge in [-0.05, 0) is 48.6 Å². The molecule has 0 amide bonds. The van der Waals surface area contributed by atoms with Crippen LogP contribution in [-0.4, -0.2) is 11.4 Å². The van der Waals surface area contributed by atoms with Gasteiger partial charge in [0.25, 0.3) is 0 Å². The van der Waals surface area contributed by atoms with E-state index in [9.17, 15) is 8.78 Å². The minimum atomic E-state index is -0.686. The first kappa shape index (κ1) is 18.2. The third-order valence-corrected chi connectivity index (χ3v) is 4.54. The first-order valence-corrected chi connectivity index (χ1v) is 8.17. The molecule has 3 rings (SSSR count). The van der Waals surface area contributed by atoms with Crippen molar-refractivity contribution in [3.63, 3.8) is 0 Å². The van der Waals surface area contributed by atoms with E-state index in [0.717, 1.165) is 16.3 Å². The molecule has 1 heterocycles. The fraction of sp³-hybridized carbons (Fsp3) is 0.235. The third kappa shape index (κ3) is 3.52. The number of hydrogen-bond acceptors (Lipinski definition) is 3. The van der Waals surface area contributed by atoms with E-state index >= 15 is 0 Å². The molecule has 0 spiro atoms. The Balaban J connectivity index is 0.00000192. The molecule has 2 aromatic carbocycles. The van der Waals surface area contributed by atoms with Crippen molar-refractivity contribution in [3.05, 3.63) is 71.3 Å². The minimum absolute atomic E-state index is 0. The number of nitrogens with zero attached hydrogens (tertiary/aromatic N) is 1. The van der Waals surface area contributed by atoms with E-state index in [0.29, 0.717) is 0 Å². The van der Waals surface area contributed by atoms with Gasteiger partial charge in [-0.25, -0.2) is 13.8 Å². The maximum absolute atomic E-state index is 13.6. The summed E-state index contributed by atoms with van der Waals surface area (Å²) < 4.78 is 27.2. The molecule has 6 heteroatoms. The fourth-order valence-electron chi connectivity index (χ4n) is 2.80. The lowest BCUT2D eigenvalue weighted by Gasteiger charge is -2.30. The van der Waals surface area contributed by atoms with Crippen LogP contribution < -0.4 is 5.32 Å². The normalized spacial score (nSPS) is 23.0. The average Bonchev–Trinajstić information content (AvgIpc) is 2.86. The zero-order chi connectivity index (χ0) is 15.7. The second kappa shape index (κ2) is 7.17. The molecule has 23 heavy (non-hydrogen) atoms. The second-order valence-electron chi connectivity index (χ2n) is 5.41. The molecule has 0 aromatic heterocycles. The maximum Gasteiger partial charge on any atom is 0.157 e. The third-order valence-electron chi connectivity index (χ3n) is 3.95. The summed E-state index contributed by atoms with van der Waals surface area (Å²) in [7, 11) is 0. The van der Waals surface area contributed by atoms with Crippen molar-refractivity contribution in [2.45, 2.75) is 18.5 Å². The summed E-state index contributed by atoms with van der Waals surface area (Å²) >= 11 is 1.49. The van der Waals surface area contributed by atoms with E-state index in [2.05, 4.69) is 5.32 Å². The summed E-state index contributed by atoms with van der Waals surface area (Å²) in [5, 5.41) is 4.08. The van der Waals surface area contributed by atoms with E-state index in [-0.39, 0.29) is 41.7 Å². The van der Waals surface area contributed by atoms with Gasteiger partial charge in [-0.15, -0.1) is 24.0 Å². The van der Waals surface area contributed by atoms with Crippen molar-refractivity contribution < 1.29 is 8.78 Å². The molecule has 0 saturated carbocycles. The molecule has 1 aliphatic rings. The molecule has 2 nitrogen and oxygen atoms in total. The van der Waals surface area contributed by atoms with E-state index < -0.39 is 5.54 Å². The van der Waals surface area contributed by atoms with Gasteiger partial charge in [-0.2, -0.15) is 0 Å². The summed E-state index contributed by atoms with van der Waals surface area (Å²) in [5.41, 5.74) is 0.867. The Hall–Kier alpha value is -1.15. The van der Waals surface area contributed by atoms with Crippen LogP contribution in [0, 0.1) is 11.6 Å². The Kier molecular flexibility index (Phi) is 5.67. The first-order chi connectivity index (χ1) is 10.5. The molecular formula is C17H17F2IN2S. The van der Waals surface area contributed by atoms with Crippen LogP contribution in [0.25, 0.3) is 0 Å². The SMILES string of the molecule is CSC1=N[C@@](C)(c2cccc(F)c2)[C@@H](c2cccc(F)c2)N1.I. The lowest BCUT2D eigenvalue weighted by Crippen LogP contribution is -2.32. The number of benzene rings is 2. The summed E-state index contributed by atoms with van der Waals surface area (Å²) in [6, 6.07) is 12.6. The molecule has 0 radical (unpaired) electrons. The van der Waals surface area contributed by atoms with Gasteiger partial charge < -0.3 is 5.32 Å². The molecule has 0 aliphatic carbocycles. The van der Waals surface area contributed by atoms with Crippen molar-refractivity contribution in [1.82, 2.24) is 5.32 Å². The molecule has 0 unspecified atom stereocenters. The summed E-state index contributed by atoms with van der Waals surface area (Å²) in [6.07, 6.45) is 1.92. The highest BCUT2D eigenvalue weighted by molar-refractivity contribution is 14.0. The number of rotatable bonds is 2. The zero-order valence-corrected chi connectivity index (χ0v) is 15.9. The number of nitrogens with one attached hydrogen (secondary N) is 1. The van der Waals surface area contributed by atoms with Crippen LogP contribution in [0.3, 0.4) is 0 Å². The predicted octanol–water partition coefficient (Wildman–Crippen LogP) is 4.86. The monoisotopic (exact) mass is 446 g/mol. The Morgan fingerprint density at radius 1 is 1.09 bits per heavy atom. The largest absolute Gasteiger partial charge is 0.355 e. The summed E-state index contributed by atoms with van der Waals surface area (Å²) in [5.74, 6) is -0.594. The number of aliphatic imine (C=N–C) groups is 1. The molecule has 0 bridgehead atoms. The number of amidine groups is 1. The van der Waals surface area contributed by atoms with Crippen LogP contribution >= 0.6 is 35.7 Å². The highest BCUT2D eigenvalue weighted by atomic mass is 127. The zero-order valence-electron chi connectivity index (χ0n) is 12.7. The van der Waals surface area contributed by atoms with Gasteiger partial charge >= 0.3 is 0 Å².